The Bertz CT molecular complexity index is 828. The zero-order valence-corrected chi connectivity index (χ0v) is 17.2. The Labute approximate surface area is 165 Å². The lowest BCUT2D eigenvalue weighted by Crippen LogP contribution is -2.40. The van der Waals surface area contributed by atoms with Gasteiger partial charge in [0.1, 0.15) is 17.2 Å². The van der Waals surface area contributed by atoms with Crippen LogP contribution in [0.2, 0.25) is 0 Å². The van der Waals surface area contributed by atoms with Gasteiger partial charge in [-0.15, -0.1) is 0 Å². The highest BCUT2D eigenvalue weighted by Crippen LogP contribution is 2.23. The monoisotopic (exact) mass is 389 g/mol. The Kier molecular flexibility index (Phi) is 5.93. The van der Waals surface area contributed by atoms with Crippen molar-refractivity contribution < 1.29 is 9.53 Å². The molecule has 2 aromatic heterocycles. The molecule has 0 radical (unpaired) electrons. The van der Waals surface area contributed by atoms with Gasteiger partial charge in [-0.3, -0.25) is 0 Å². The molecule has 0 aromatic carbocycles. The molecule has 9 nitrogen and oxygen atoms in total. The Morgan fingerprint density at radius 3 is 2.89 bits per heavy atom. The molecule has 1 aliphatic rings. The Balaban J connectivity index is 1.50. The molecule has 0 saturated carbocycles. The van der Waals surface area contributed by atoms with E-state index in [9.17, 15) is 4.79 Å². The number of nitrogens with zero attached hydrogens (tertiary/aromatic N) is 4. The van der Waals surface area contributed by atoms with Crippen molar-refractivity contribution in [2.75, 3.05) is 36.8 Å². The number of amides is 1. The van der Waals surface area contributed by atoms with Gasteiger partial charge in [0.25, 0.3) is 0 Å². The lowest BCUT2D eigenvalue weighted by atomic mass is 10.2. The molecule has 1 fully saturated rings. The van der Waals surface area contributed by atoms with Crippen LogP contribution in [0.3, 0.4) is 0 Å². The highest BCUT2D eigenvalue weighted by Gasteiger charge is 2.24. The highest BCUT2D eigenvalue weighted by atomic mass is 16.6. The number of ether oxygens (including phenoxy) is 1. The first-order valence-corrected chi connectivity index (χ1v) is 9.85. The predicted octanol–water partition coefficient (Wildman–Crippen LogP) is 1.57. The molecule has 1 aliphatic heterocycles. The van der Waals surface area contributed by atoms with Gasteiger partial charge in [-0.25, -0.2) is 9.78 Å². The zero-order chi connectivity index (χ0) is 20.3. The molecule has 1 amide bonds. The van der Waals surface area contributed by atoms with Crippen molar-refractivity contribution in [3.05, 3.63) is 17.8 Å². The number of anilines is 2. The van der Waals surface area contributed by atoms with Crippen LogP contribution < -0.4 is 21.3 Å². The molecule has 1 atom stereocenters. The van der Waals surface area contributed by atoms with Crippen LogP contribution in [0.25, 0.3) is 5.65 Å². The average Bonchev–Trinajstić information content (AvgIpc) is 3.24. The first-order chi connectivity index (χ1) is 13.3. The van der Waals surface area contributed by atoms with E-state index >= 15 is 0 Å². The van der Waals surface area contributed by atoms with Crippen molar-refractivity contribution in [1.29, 1.82) is 0 Å². The SMILES string of the molecule is CCc1cnn2c(N)cc(N3CC[C@H](NCCNC(=O)OC(C)(C)C)C3)nc12. The summed E-state index contributed by atoms with van der Waals surface area (Å²) in [6.07, 6.45) is 3.32. The quantitative estimate of drug-likeness (QED) is 0.643. The van der Waals surface area contributed by atoms with Crippen molar-refractivity contribution in [2.45, 2.75) is 52.2 Å². The summed E-state index contributed by atoms with van der Waals surface area (Å²) in [4.78, 5) is 18.7. The lowest BCUT2D eigenvalue weighted by Gasteiger charge is -2.20. The van der Waals surface area contributed by atoms with Gasteiger partial charge in [0.2, 0.25) is 0 Å². The van der Waals surface area contributed by atoms with Crippen LogP contribution in [0.4, 0.5) is 16.4 Å². The van der Waals surface area contributed by atoms with Crippen LogP contribution >= 0.6 is 0 Å². The van der Waals surface area contributed by atoms with E-state index in [1.165, 1.54) is 0 Å². The minimum Gasteiger partial charge on any atom is -0.444 e. The fraction of sp³-hybridized carbons (Fsp3) is 0.632. The smallest absolute Gasteiger partial charge is 0.407 e. The predicted molar refractivity (Wildman–Crippen MR) is 110 cm³/mol. The summed E-state index contributed by atoms with van der Waals surface area (Å²) in [6.45, 7) is 10.6. The molecular formula is C19H31N7O2. The van der Waals surface area contributed by atoms with E-state index in [0.717, 1.165) is 43.0 Å². The molecule has 2 aromatic rings. The first-order valence-electron chi connectivity index (χ1n) is 9.85. The van der Waals surface area contributed by atoms with Crippen molar-refractivity contribution in [3.63, 3.8) is 0 Å². The topological polar surface area (TPSA) is 110 Å². The number of aromatic nitrogens is 3. The summed E-state index contributed by atoms with van der Waals surface area (Å²) in [5.41, 5.74) is 7.61. The van der Waals surface area contributed by atoms with Gasteiger partial charge < -0.3 is 26.0 Å². The number of hydrogen-bond acceptors (Lipinski definition) is 7. The minimum absolute atomic E-state index is 0.343. The van der Waals surface area contributed by atoms with Crippen molar-refractivity contribution >= 4 is 23.4 Å². The van der Waals surface area contributed by atoms with Crippen LogP contribution in [-0.4, -0.2) is 58.5 Å². The summed E-state index contributed by atoms with van der Waals surface area (Å²) in [5.74, 6) is 1.48. The van der Waals surface area contributed by atoms with Gasteiger partial charge in [-0.1, -0.05) is 6.92 Å². The van der Waals surface area contributed by atoms with Crippen molar-refractivity contribution in [1.82, 2.24) is 25.2 Å². The number of rotatable bonds is 6. The van der Waals surface area contributed by atoms with E-state index < -0.39 is 5.60 Å². The number of nitrogens with one attached hydrogen (secondary N) is 2. The van der Waals surface area contributed by atoms with E-state index in [4.69, 9.17) is 15.5 Å². The summed E-state index contributed by atoms with van der Waals surface area (Å²) in [5, 5.41) is 10.6. The number of fused-ring (bicyclic) bond motifs is 1. The molecule has 0 aliphatic carbocycles. The van der Waals surface area contributed by atoms with E-state index in [0.29, 0.717) is 24.9 Å². The fourth-order valence-corrected chi connectivity index (χ4v) is 3.32. The Morgan fingerprint density at radius 2 is 2.18 bits per heavy atom. The number of alkyl carbamates (subject to hydrolysis) is 1. The fourth-order valence-electron chi connectivity index (χ4n) is 3.32. The average molecular weight is 390 g/mol. The molecule has 0 spiro atoms. The summed E-state index contributed by atoms with van der Waals surface area (Å²) in [6, 6.07) is 2.22. The first kappa shape index (κ1) is 20.2. The third kappa shape index (κ3) is 4.83. The van der Waals surface area contributed by atoms with Gasteiger partial charge in [0.05, 0.1) is 6.20 Å². The maximum Gasteiger partial charge on any atom is 0.407 e. The third-order valence-corrected chi connectivity index (χ3v) is 4.68. The molecule has 0 bridgehead atoms. The molecule has 3 heterocycles. The van der Waals surface area contributed by atoms with Gasteiger partial charge >= 0.3 is 6.09 Å². The second-order valence-electron chi connectivity index (χ2n) is 8.11. The maximum absolute atomic E-state index is 11.7. The molecule has 4 N–H and O–H groups in total. The summed E-state index contributed by atoms with van der Waals surface area (Å²) >= 11 is 0. The lowest BCUT2D eigenvalue weighted by molar-refractivity contribution is 0.0528. The molecule has 1 saturated heterocycles. The summed E-state index contributed by atoms with van der Waals surface area (Å²) in [7, 11) is 0. The number of carbonyl (C=O) groups excluding carboxylic acids is 1. The van der Waals surface area contributed by atoms with E-state index in [1.807, 2.05) is 33.0 Å². The second-order valence-corrected chi connectivity index (χ2v) is 8.11. The maximum atomic E-state index is 11.7. The Hall–Kier alpha value is -2.55. The summed E-state index contributed by atoms with van der Waals surface area (Å²) < 4.78 is 6.92. The van der Waals surface area contributed by atoms with Gasteiger partial charge in [-0.2, -0.15) is 9.61 Å². The third-order valence-electron chi connectivity index (χ3n) is 4.68. The van der Waals surface area contributed by atoms with Crippen LogP contribution in [-0.2, 0) is 11.2 Å². The standard InChI is InChI=1S/C19H31N7O2/c1-5-13-11-23-26-15(20)10-16(24-17(13)26)25-9-6-14(12-25)21-7-8-22-18(27)28-19(2,3)4/h10-11,14,21H,5-9,12,20H2,1-4H3,(H,22,27)/t14-/m0/s1. The van der Waals surface area contributed by atoms with Crippen molar-refractivity contribution in [2.24, 2.45) is 0 Å². The Morgan fingerprint density at radius 1 is 1.39 bits per heavy atom. The van der Waals surface area contributed by atoms with Crippen LogP contribution in [0.5, 0.6) is 0 Å². The number of hydrogen-bond donors (Lipinski definition) is 3. The number of carbonyl (C=O) groups is 1. The van der Waals surface area contributed by atoms with Crippen LogP contribution in [0.1, 0.15) is 39.7 Å². The number of aryl methyl sites for hydroxylation is 1. The van der Waals surface area contributed by atoms with E-state index in [1.54, 1.807) is 4.52 Å². The number of nitrogens with two attached hydrogens (primary N) is 1. The molecule has 3 rings (SSSR count). The second kappa shape index (κ2) is 8.22. The zero-order valence-electron chi connectivity index (χ0n) is 17.2. The highest BCUT2D eigenvalue weighted by molar-refractivity contribution is 5.67. The van der Waals surface area contributed by atoms with Crippen LogP contribution in [0, 0.1) is 0 Å². The minimum atomic E-state index is -0.480. The number of nitrogen functional groups attached to an aromatic ring is 1. The normalized spacial score (nSPS) is 17.3. The van der Waals surface area contributed by atoms with Crippen LogP contribution in [0.15, 0.2) is 12.3 Å². The van der Waals surface area contributed by atoms with E-state index in [-0.39, 0.29) is 6.09 Å². The molecule has 154 valence electrons. The van der Waals surface area contributed by atoms with Gasteiger partial charge in [-0.05, 0) is 33.6 Å². The largest absolute Gasteiger partial charge is 0.444 e. The molecular weight excluding hydrogens is 358 g/mol. The van der Waals surface area contributed by atoms with E-state index in [2.05, 4.69) is 27.6 Å². The van der Waals surface area contributed by atoms with Gasteiger partial charge in [0, 0.05) is 43.9 Å². The molecule has 9 heteroatoms. The van der Waals surface area contributed by atoms with Crippen molar-refractivity contribution in [3.8, 4) is 0 Å². The molecule has 28 heavy (non-hydrogen) atoms. The molecule has 0 unspecified atom stereocenters. The van der Waals surface area contributed by atoms with Gasteiger partial charge in [0.15, 0.2) is 5.65 Å².